The second-order valence-corrected chi connectivity index (χ2v) is 5.97. The van der Waals surface area contributed by atoms with E-state index in [0.717, 1.165) is 12.1 Å². The molecule has 1 unspecified atom stereocenters. The number of hydrogen-bond donors (Lipinski definition) is 0. The molecule has 0 aliphatic carbocycles. The van der Waals surface area contributed by atoms with Crippen molar-refractivity contribution in [3.63, 3.8) is 0 Å². The number of halogens is 6. The molecule has 2 aromatic carbocycles. The molecule has 19 heavy (non-hydrogen) atoms. The van der Waals surface area contributed by atoms with Gasteiger partial charge in [0.05, 0.1) is 9.30 Å². The highest BCUT2D eigenvalue weighted by Gasteiger charge is 2.20. The van der Waals surface area contributed by atoms with Crippen LogP contribution >= 0.6 is 43.5 Å². The lowest BCUT2D eigenvalue weighted by atomic mass is 10.0. The van der Waals surface area contributed by atoms with E-state index in [4.69, 9.17) is 11.6 Å². The van der Waals surface area contributed by atoms with Crippen LogP contribution in [0.5, 0.6) is 0 Å². The highest BCUT2D eigenvalue weighted by atomic mass is 79.9. The topological polar surface area (TPSA) is 0 Å². The van der Waals surface area contributed by atoms with Crippen LogP contribution in [0.15, 0.2) is 34.8 Å². The highest BCUT2D eigenvalue weighted by Crippen LogP contribution is 2.38. The molecule has 0 aromatic heterocycles. The van der Waals surface area contributed by atoms with Crippen molar-refractivity contribution in [2.45, 2.75) is 4.83 Å². The van der Waals surface area contributed by atoms with E-state index in [1.807, 2.05) is 0 Å². The van der Waals surface area contributed by atoms with Crippen molar-refractivity contribution in [3.05, 3.63) is 68.4 Å². The maximum absolute atomic E-state index is 14.0. The van der Waals surface area contributed by atoms with Crippen molar-refractivity contribution >= 4 is 43.5 Å². The molecule has 0 saturated heterocycles. The second-order valence-electron chi connectivity index (χ2n) is 3.79. The Morgan fingerprint density at radius 3 is 2.32 bits per heavy atom. The number of hydrogen-bond acceptors (Lipinski definition) is 0. The summed E-state index contributed by atoms with van der Waals surface area (Å²) in [6, 6.07) is 6.56. The molecule has 0 aliphatic rings. The van der Waals surface area contributed by atoms with Crippen LogP contribution in [0.2, 0.25) is 5.02 Å². The second kappa shape index (κ2) is 5.85. The Bertz CT molecular complexity index is 632. The fourth-order valence-electron chi connectivity index (χ4n) is 1.62. The van der Waals surface area contributed by atoms with E-state index in [1.54, 1.807) is 12.1 Å². The SMILES string of the molecule is Fc1cc(Cl)c(C(Br)c2cccc(Br)c2F)cc1F. The molecule has 0 radical (unpaired) electrons. The zero-order valence-electron chi connectivity index (χ0n) is 9.23. The minimum Gasteiger partial charge on any atom is -0.205 e. The van der Waals surface area contributed by atoms with E-state index in [9.17, 15) is 13.2 Å². The Balaban J connectivity index is 2.53. The van der Waals surface area contributed by atoms with E-state index >= 15 is 0 Å². The van der Waals surface area contributed by atoms with Gasteiger partial charge in [-0.15, -0.1) is 0 Å². The van der Waals surface area contributed by atoms with Crippen molar-refractivity contribution in [3.8, 4) is 0 Å². The van der Waals surface area contributed by atoms with E-state index in [1.165, 1.54) is 6.07 Å². The Kier molecular flexibility index (Phi) is 4.58. The summed E-state index contributed by atoms with van der Waals surface area (Å²) in [6.07, 6.45) is 0. The van der Waals surface area contributed by atoms with Crippen LogP contribution in [0, 0.1) is 17.5 Å². The lowest BCUT2D eigenvalue weighted by molar-refractivity contribution is 0.507. The molecule has 0 spiro atoms. The van der Waals surface area contributed by atoms with Gasteiger partial charge < -0.3 is 0 Å². The first kappa shape index (κ1) is 14.9. The minimum absolute atomic E-state index is 0.0279. The fraction of sp³-hybridized carbons (Fsp3) is 0.0769. The summed E-state index contributed by atoms with van der Waals surface area (Å²) in [5.74, 6) is -2.55. The van der Waals surface area contributed by atoms with Gasteiger partial charge in [0.15, 0.2) is 11.6 Å². The number of benzene rings is 2. The van der Waals surface area contributed by atoms with Crippen molar-refractivity contribution in [1.29, 1.82) is 0 Å². The molecular formula is C13H6Br2ClF3. The molecule has 0 saturated carbocycles. The Labute approximate surface area is 129 Å². The molecule has 0 amide bonds. The summed E-state index contributed by atoms with van der Waals surface area (Å²) in [5.41, 5.74) is 0.542. The molecule has 6 heteroatoms. The summed E-state index contributed by atoms with van der Waals surface area (Å²) < 4.78 is 40.5. The monoisotopic (exact) mass is 412 g/mol. The van der Waals surface area contributed by atoms with Crippen LogP contribution in [0.1, 0.15) is 16.0 Å². The number of rotatable bonds is 2. The lowest BCUT2D eigenvalue weighted by Crippen LogP contribution is -2.00. The van der Waals surface area contributed by atoms with Crippen LogP contribution in [0.3, 0.4) is 0 Å². The summed E-state index contributed by atoms with van der Waals surface area (Å²) in [7, 11) is 0. The highest BCUT2D eigenvalue weighted by molar-refractivity contribution is 9.10. The van der Waals surface area contributed by atoms with Gasteiger partial charge in [0.1, 0.15) is 5.82 Å². The van der Waals surface area contributed by atoms with Gasteiger partial charge in [0, 0.05) is 10.6 Å². The molecular weight excluding hydrogens is 408 g/mol. The van der Waals surface area contributed by atoms with Crippen LogP contribution in [0.25, 0.3) is 0 Å². The molecule has 2 rings (SSSR count). The average Bonchev–Trinajstić information content (AvgIpc) is 2.36. The fourth-order valence-corrected chi connectivity index (χ4v) is 3.12. The van der Waals surface area contributed by atoms with E-state index < -0.39 is 22.3 Å². The van der Waals surface area contributed by atoms with Gasteiger partial charge in [-0.05, 0) is 39.7 Å². The average molecular weight is 414 g/mol. The molecule has 0 aliphatic heterocycles. The predicted octanol–water partition coefficient (Wildman–Crippen LogP) is 6.00. The first-order valence-corrected chi connectivity index (χ1v) is 7.23. The third-order valence-corrected chi connectivity index (χ3v) is 4.49. The van der Waals surface area contributed by atoms with Crippen molar-refractivity contribution < 1.29 is 13.2 Å². The zero-order valence-corrected chi connectivity index (χ0v) is 13.2. The minimum atomic E-state index is -1.04. The summed E-state index contributed by atoms with van der Waals surface area (Å²) >= 11 is 12.2. The third kappa shape index (κ3) is 2.98. The smallest absolute Gasteiger partial charge is 0.160 e. The van der Waals surface area contributed by atoms with E-state index in [-0.39, 0.29) is 20.6 Å². The maximum Gasteiger partial charge on any atom is 0.160 e. The van der Waals surface area contributed by atoms with Crippen LogP contribution in [-0.2, 0) is 0 Å². The molecule has 2 aromatic rings. The van der Waals surface area contributed by atoms with Gasteiger partial charge in [0.2, 0.25) is 0 Å². The largest absolute Gasteiger partial charge is 0.205 e. The van der Waals surface area contributed by atoms with Crippen molar-refractivity contribution in [2.24, 2.45) is 0 Å². The molecule has 0 N–H and O–H groups in total. The van der Waals surface area contributed by atoms with Gasteiger partial charge in [-0.3, -0.25) is 0 Å². The van der Waals surface area contributed by atoms with Crippen LogP contribution in [0.4, 0.5) is 13.2 Å². The summed E-state index contributed by atoms with van der Waals surface area (Å²) in [6.45, 7) is 0. The summed E-state index contributed by atoms with van der Waals surface area (Å²) in [4.78, 5) is -0.674. The van der Waals surface area contributed by atoms with Crippen LogP contribution < -0.4 is 0 Å². The van der Waals surface area contributed by atoms with Gasteiger partial charge in [-0.25, -0.2) is 13.2 Å². The maximum atomic E-state index is 14.0. The lowest BCUT2D eigenvalue weighted by Gasteiger charge is -2.14. The normalized spacial score (nSPS) is 12.5. The Morgan fingerprint density at radius 2 is 1.63 bits per heavy atom. The Hall–Kier alpha value is -0.520. The van der Waals surface area contributed by atoms with E-state index in [2.05, 4.69) is 31.9 Å². The van der Waals surface area contributed by atoms with Crippen molar-refractivity contribution in [2.75, 3.05) is 0 Å². The van der Waals surface area contributed by atoms with Crippen molar-refractivity contribution in [1.82, 2.24) is 0 Å². The van der Waals surface area contributed by atoms with Gasteiger partial charge in [-0.1, -0.05) is 39.7 Å². The van der Waals surface area contributed by atoms with Gasteiger partial charge >= 0.3 is 0 Å². The molecule has 100 valence electrons. The Morgan fingerprint density at radius 1 is 1.00 bits per heavy atom. The molecule has 1 atom stereocenters. The molecule has 0 nitrogen and oxygen atoms in total. The first-order valence-electron chi connectivity index (χ1n) is 5.14. The third-order valence-electron chi connectivity index (χ3n) is 2.57. The first-order chi connectivity index (χ1) is 8.91. The van der Waals surface area contributed by atoms with Gasteiger partial charge in [-0.2, -0.15) is 0 Å². The summed E-state index contributed by atoms with van der Waals surface area (Å²) in [5, 5.41) is 0.0279. The standard InChI is InChI=1S/C13H6Br2ClF3/c14-8-3-1-2-6(13(8)19)12(15)7-4-10(17)11(18)5-9(7)16/h1-5,12H. The molecule has 0 fully saturated rings. The van der Waals surface area contributed by atoms with E-state index in [0.29, 0.717) is 0 Å². The van der Waals surface area contributed by atoms with Gasteiger partial charge in [0.25, 0.3) is 0 Å². The molecule has 0 bridgehead atoms. The molecule has 0 heterocycles. The quantitative estimate of drug-likeness (QED) is 0.417. The van der Waals surface area contributed by atoms with Crippen LogP contribution in [-0.4, -0.2) is 0 Å². The predicted molar refractivity (Wildman–Crippen MR) is 76.2 cm³/mol. The number of alkyl halides is 1. The zero-order chi connectivity index (χ0) is 14.2.